The molecule has 1 aromatic heterocycles. The molecular formula is C21H32BN3O5. The van der Waals surface area contributed by atoms with Gasteiger partial charge in [-0.05, 0) is 43.4 Å². The fraction of sp³-hybridized carbons (Fsp3) is 0.476. The van der Waals surface area contributed by atoms with Crippen molar-refractivity contribution in [3.8, 4) is 11.6 Å². The Bertz CT molecular complexity index is 823. The van der Waals surface area contributed by atoms with Crippen molar-refractivity contribution in [3.63, 3.8) is 0 Å². The predicted molar refractivity (Wildman–Crippen MR) is 117 cm³/mol. The lowest BCUT2D eigenvalue weighted by Crippen LogP contribution is -2.38. The highest BCUT2D eigenvalue weighted by atomic mass is 16.5. The second-order valence-electron chi connectivity index (χ2n) is 6.76. The van der Waals surface area contributed by atoms with Crippen LogP contribution >= 0.6 is 0 Å². The zero-order chi connectivity index (χ0) is 22.9. The van der Waals surface area contributed by atoms with Gasteiger partial charge in [-0.1, -0.05) is 33.8 Å². The third kappa shape index (κ3) is 6.79. The third-order valence-electron chi connectivity index (χ3n) is 3.96. The maximum atomic E-state index is 12.0. The molecule has 0 spiro atoms. The maximum absolute atomic E-state index is 12.0. The third-order valence-corrected chi connectivity index (χ3v) is 3.96. The number of benzene rings is 1. The molecule has 3 rings (SSSR count). The van der Waals surface area contributed by atoms with Crippen molar-refractivity contribution in [1.82, 2.24) is 15.3 Å². The number of nitrogens with one attached hydrogen (secondary N) is 1. The summed E-state index contributed by atoms with van der Waals surface area (Å²) in [7, 11) is -0.957. The largest absolute Gasteiger partial charge is 0.492 e. The quantitative estimate of drug-likeness (QED) is 0.640. The lowest BCUT2D eigenvalue weighted by molar-refractivity contribution is 0.0691. The molecule has 0 fully saturated rings. The van der Waals surface area contributed by atoms with Gasteiger partial charge in [-0.15, -0.1) is 0 Å². The summed E-state index contributed by atoms with van der Waals surface area (Å²) in [6.45, 7) is 13.5. The van der Waals surface area contributed by atoms with E-state index < -0.39 is 18.6 Å². The zero-order valence-corrected chi connectivity index (χ0v) is 18.8. The van der Waals surface area contributed by atoms with Gasteiger partial charge in [0.1, 0.15) is 11.4 Å². The van der Waals surface area contributed by atoms with E-state index in [0.717, 1.165) is 11.1 Å². The molecule has 0 saturated carbocycles. The number of carbonyl (C=O) groups is 1. The Balaban J connectivity index is 0.00000106. The van der Waals surface area contributed by atoms with Gasteiger partial charge in [0.15, 0.2) is 0 Å². The molecule has 0 unspecified atom stereocenters. The molecule has 30 heavy (non-hydrogen) atoms. The smallest absolute Gasteiger partial charge is 0.437 e. The summed E-state index contributed by atoms with van der Waals surface area (Å²) in [6, 6.07) is 3.61. The van der Waals surface area contributed by atoms with Gasteiger partial charge in [0, 0.05) is 6.54 Å². The average Bonchev–Trinajstić information content (AvgIpc) is 3.13. The normalized spacial score (nSPS) is 12.1. The Kier molecular flexibility index (Phi) is 9.91. The lowest BCUT2D eigenvalue weighted by atomic mass is 9.76. The van der Waals surface area contributed by atoms with Gasteiger partial charge < -0.3 is 24.8 Å². The molecule has 8 nitrogen and oxygen atoms in total. The van der Waals surface area contributed by atoms with Crippen LogP contribution in [0.1, 0.15) is 63.2 Å². The van der Waals surface area contributed by atoms with Crippen LogP contribution < -0.4 is 15.5 Å². The minimum atomic E-state index is -1.01. The van der Waals surface area contributed by atoms with Crippen LogP contribution in [-0.4, -0.2) is 45.3 Å². The number of ether oxygens (including phenoxy) is 1. The molecule has 0 bridgehead atoms. The van der Waals surface area contributed by atoms with Gasteiger partial charge in [0.25, 0.3) is 5.91 Å². The topological polar surface area (TPSA) is 114 Å². The number of amides is 1. The number of carbonyl (C=O) groups excluding carboxylic acids is 1. The first-order valence-corrected chi connectivity index (χ1v) is 10.2. The average molecular weight is 417 g/mol. The van der Waals surface area contributed by atoms with E-state index in [1.807, 2.05) is 40.7 Å². The van der Waals surface area contributed by atoms with E-state index in [9.17, 15) is 14.9 Å². The Morgan fingerprint density at radius 2 is 1.90 bits per heavy atom. The van der Waals surface area contributed by atoms with Crippen molar-refractivity contribution in [2.45, 2.75) is 60.7 Å². The van der Waals surface area contributed by atoms with E-state index >= 15 is 0 Å². The van der Waals surface area contributed by atoms with Crippen molar-refractivity contribution >= 4 is 18.5 Å². The maximum Gasteiger partial charge on any atom is 0.492 e. The first-order valence-electron chi connectivity index (χ1n) is 10.2. The molecule has 2 heterocycles. The first-order chi connectivity index (χ1) is 14.2. The summed E-state index contributed by atoms with van der Waals surface area (Å²) in [4.78, 5) is 20.1. The van der Waals surface area contributed by atoms with Gasteiger partial charge in [0.05, 0.1) is 24.6 Å². The lowest BCUT2D eigenvalue weighted by Gasteiger charge is -2.17. The van der Waals surface area contributed by atoms with Crippen LogP contribution in [0.5, 0.6) is 11.6 Å². The Labute approximate surface area is 178 Å². The molecule has 2 aromatic rings. The predicted octanol–water partition coefficient (Wildman–Crippen LogP) is 2.35. The van der Waals surface area contributed by atoms with E-state index in [2.05, 4.69) is 15.3 Å². The molecule has 0 saturated heterocycles. The van der Waals surface area contributed by atoms with Crippen molar-refractivity contribution < 1.29 is 24.3 Å². The van der Waals surface area contributed by atoms with Crippen LogP contribution in [0.25, 0.3) is 0 Å². The van der Waals surface area contributed by atoms with Gasteiger partial charge in [-0.25, -0.2) is 9.97 Å². The number of aromatic nitrogens is 2. The fourth-order valence-corrected chi connectivity index (χ4v) is 2.58. The molecule has 0 atom stereocenters. The SMILES string of the molecule is CC.CC.Cc1c(Oc2cnc(C(=O)NCC(C)(C)O)cn2)ccc2c1B(O)OC2. The molecule has 164 valence electrons. The first kappa shape index (κ1) is 25.6. The molecule has 1 aromatic carbocycles. The number of aliphatic hydroxyl groups is 1. The van der Waals surface area contributed by atoms with E-state index in [0.29, 0.717) is 17.8 Å². The number of hydrogen-bond acceptors (Lipinski definition) is 7. The number of fused-ring (bicyclic) bond motifs is 1. The Morgan fingerprint density at radius 1 is 1.23 bits per heavy atom. The summed E-state index contributed by atoms with van der Waals surface area (Å²) in [5.41, 5.74) is 1.51. The van der Waals surface area contributed by atoms with Crippen LogP contribution in [0.15, 0.2) is 24.5 Å². The second-order valence-corrected chi connectivity index (χ2v) is 6.76. The van der Waals surface area contributed by atoms with Crippen molar-refractivity contribution in [1.29, 1.82) is 0 Å². The monoisotopic (exact) mass is 417 g/mol. The van der Waals surface area contributed by atoms with Crippen LogP contribution in [0.2, 0.25) is 0 Å². The molecule has 1 aliphatic heterocycles. The van der Waals surface area contributed by atoms with Crippen molar-refractivity contribution in [3.05, 3.63) is 41.3 Å². The van der Waals surface area contributed by atoms with Crippen LogP contribution in [0, 0.1) is 6.92 Å². The van der Waals surface area contributed by atoms with Crippen molar-refractivity contribution in [2.75, 3.05) is 6.54 Å². The Hall–Kier alpha value is -2.49. The van der Waals surface area contributed by atoms with Crippen LogP contribution in [0.3, 0.4) is 0 Å². The van der Waals surface area contributed by atoms with E-state index in [1.54, 1.807) is 19.9 Å². The number of rotatable bonds is 5. The molecule has 1 aliphatic rings. The van der Waals surface area contributed by atoms with Gasteiger partial charge in [-0.3, -0.25) is 4.79 Å². The molecule has 3 N–H and O–H groups in total. The highest BCUT2D eigenvalue weighted by Crippen LogP contribution is 2.25. The summed E-state index contributed by atoms with van der Waals surface area (Å²) in [5.74, 6) is 0.322. The fourth-order valence-electron chi connectivity index (χ4n) is 2.58. The summed E-state index contributed by atoms with van der Waals surface area (Å²) >= 11 is 0. The zero-order valence-electron chi connectivity index (χ0n) is 18.8. The van der Waals surface area contributed by atoms with E-state index in [-0.39, 0.29) is 18.1 Å². The van der Waals surface area contributed by atoms with E-state index in [4.69, 9.17) is 9.39 Å². The van der Waals surface area contributed by atoms with Gasteiger partial charge >= 0.3 is 7.12 Å². The Morgan fingerprint density at radius 3 is 2.47 bits per heavy atom. The second kappa shape index (κ2) is 11.6. The molecule has 1 amide bonds. The molecular weight excluding hydrogens is 385 g/mol. The standard InChI is InChI=1S/C17H20BN3O5.2C2H6/c1-10-13(5-4-11-8-25-18(24)15(10)11)26-14-7-19-12(6-20-14)16(22)21-9-17(2,3)23;2*1-2/h4-7,23-24H,8-9H2,1-3H3,(H,21,22);2*1-2H3. The molecule has 0 aliphatic carbocycles. The minimum Gasteiger partial charge on any atom is -0.437 e. The number of hydrogen-bond donors (Lipinski definition) is 3. The summed E-state index contributed by atoms with van der Waals surface area (Å²) in [6.07, 6.45) is 2.65. The summed E-state index contributed by atoms with van der Waals surface area (Å²) in [5, 5.41) is 22.1. The van der Waals surface area contributed by atoms with Crippen molar-refractivity contribution in [2.24, 2.45) is 0 Å². The molecule has 0 radical (unpaired) electrons. The highest BCUT2D eigenvalue weighted by molar-refractivity contribution is 6.62. The highest BCUT2D eigenvalue weighted by Gasteiger charge is 2.30. The summed E-state index contributed by atoms with van der Waals surface area (Å²) < 4.78 is 10.9. The van der Waals surface area contributed by atoms with Gasteiger partial charge in [0.2, 0.25) is 5.88 Å². The van der Waals surface area contributed by atoms with Crippen LogP contribution in [-0.2, 0) is 11.3 Å². The van der Waals surface area contributed by atoms with Crippen LogP contribution in [0.4, 0.5) is 0 Å². The van der Waals surface area contributed by atoms with E-state index in [1.165, 1.54) is 12.4 Å². The molecule has 9 heteroatoms. The minimum absolute atomic E-state index is 0.102. The number of nitrogens with zero attached hydrogens (tertiary/aromatic N) is 2. The van der Waals surface area contributed by atoms with Gasteiger partial charge in [-0.2, -0.15) is 0 Å².